The maximum absolute atomic E-state index is 5.72. The van der Waals surface area contributed by atoms with Crippen molar-refractivity contribution in [2.24, 2.45) is 0 Å². The first-order valence-electron chi connectivity index (χ1n) is 2.85. The van der Waals surface area contributed by atoms with Crippen molar-refractivity contribution in [2.75, 3.05) is 0 Å². The van der Waals surface area contributed by atoms with E-state index in [1.54, 1.807) is 6.20 Å². The summed E-state index contributed by atoms with van der Waals surface area (Å²) < 4.78 is 0. The SMILES string of the molecule is Cc1cnc(C(C)Cl)[nH]1. The van der Waals surface area contributed by atoms with Crippen molar-refractivity contribution in [1.29, 1.82) is 0 Å². The summed E-state index contributed by atoms with van der Waals surface area (Å²) in [6.45, 7) is 3.84. The quantitative estimate of drug-likeness (QED) is 0.601. The van der Waals surface area contributed by atoms with Crippen LogP contribution in [0.5, 0.6) is 0 Å². The molecule has 1 rings (SSSR count). The largest absolute Gasteiger partial charge is 0.345 e. The Morgan fingerprint density at radius 1 is 1.78 bits per heavy atom. The Hall–Kier alpha value is -0.500. The molecule has 3 heteroatoms. The molecule has 1 heterocycles. The molecule has 1 aromatic rings. The normalized spacial score (nSPS) is 13.7. The standard InChI is InChI=1S/C6H9ClN2/c1-4-3-8-6(9-4)5(2)7/h3,5H,1-2H3,(H,8,9). The molecule has 9 heavy (non-hydrogen) atoms. The molecule has 0 saturated heterocycles. The number of hydrogen-bond donors (Lipinski definition) is 1. The zero-order valence-corrected chi connectivity index (χ0v) is 6.24. The number of aromatic amines is 1. The maximum atomic E-state index is 5.72. The van der Waals surface area contributed by atoms with Gasteiger partial charge in [-0.2, -0.15) is 0 Å². The van der Waals surface area contributed by atoms with Crippen LogP contribution in [0.3, 0.4) is 0 Å². The molecular weight excluding hydrogens is 136 g/mol. The van der Waals surface area contributed by atoms with E-state index in [1.807, 2.05) is 13.8 Å². The van der Waals surface area contributed by atoms with E-state index in [9.17, 15) is 0 Å². The fourth-order valence-electron chi connectivity index (χ4n) is 0.635. The first kappa shape index (κ1) is 6.62. The van der Waals surface area contributed by atoms with E-state index in [0.29, 0.717) is 0 Å². The Balaban J connectivity index is 2.85. The molecule has 0 radical (unpaired) electrons. The lowest BCUT2D eigenvalue weighted by Crippen LogP contribution is -1.85. The van der Waals surface area contributed by atoms with Gasteiger partial charge >= 0.3 is 0 Å². The fraction of sp³-hybridized carbons (Fsp3) is 0.500. The lowest BCUT2D eigenvalue weighted by Gasteiger charge is -1.93. The van der Waals surface area contributed by atoms with Crippen molar-refractivity contribution in [3.63, 3.8) is 0 Å². The summed E-state index contributed by atoms with van der Waals surface area (Å²) in [7, 11) is 0. The average Bonchev–Trinajstić information content (AvgIpc) is 2.14. The number of hydrogen-bond acceptors (Lipinski definition) is 1. The van der Waals surface area contributed by atoms with Gasteiger partial charge in [0.15, 0.2) is 0 Å². The molecule has 50 valence electrons. The first-order chi connectivity index (χ1) is 4.20. The average molecular weight is 145 g/mol. The highest BCUT2D eigenvalue weighted by Gasteiger charge is 2.02. The van der Waals surface area contributed by atoms with E-state index in [1.165, 1.54) is 0 Å². The third-order valence-electron chi connectivity index (χ3n) is 1.10. The highest BCUT2D eigenvalue weighted by molar-refractivity contribution is 6.20. The predicted octanol–water partition coefficient (Wildman–Crippen LogP) is 2.02. The summed E-state index contributed by atoms with van der Waals surface area (Å²) >= 11 is 5.72. The summed E-state index contributed by atoms with van der Waals surface area (Å²) in [6, 6.07) is 0. The second-order valence-electron chi connectivity index (χ2n) is 2.07. The highest BCUT2D eigenvalue weighted by atomic mass is 35.5. The summed E-state index contributed by atoms with van der Waals surface area (Å²) in [5.74, 6) is 0.842. The zero-order chi connectivity index (χ0) is 6.85. The number of aryl methyl sites for hydroxylation is 1. The van der Waals surface area contributed by atoms with Crippen LogP contribution in [0.25, 0.3) is 0 Å². The van der Waals surface area contributed by atoms with E-state index in [0.717, 1.165) is 11.5 Å². The van der Waals surface area contributed by atoms with Crippen molar-refractivity contribution in [3.05, 3.63) is 17.7 Å². The molecule has 0 spiro atoms. The molecular formula is C6H9ClN2. The van der Waals surface area contributed by atoms with Crippen molar-refractivity contribution >= 4 is 11.6 Å². The molecule has 0 fully saturated rings. The van der Waals surface area contributed by atoms with E-state index < -0.39 is 0 Å². The van der Waals surface area contributed by atoms with Crippen molar-refractivity contribution < 1.29 is 0 Å². The smallest absolute Gasteiger partial charge is 0.124 e. The second-order valence-corrected chi connectivity index (χ2v) is 2.72. The minimum atomic E-state index is -0.0151. The second kappa shape index (κ2) is 2.40. The van der Waals surface area contributed by atoms with Gasteiger partial charge < -0.3 is 4.98 Å². The zero-order valence-electron chi connectivity index (χ0n) is 5.48. The molecule has 0 saturated carbocycles. The van der Waals surface area contributed by atoms with Crippen molar-refractivity contribution in [3.8, 4) is 0 Å². The van der Waals surface area contributed by atoms with Crippen LogP contribution in [0.1, 0.15) is 23.8 Å². The number of H-pyrrole nitrogens is 1. The molecule has 0 aliphatic carbocycles. The van der Waals surface area contributed by atoms with Gasteiger partial charge in [0.05, 0.1) is 5.38 Å². The van der Waals surface area contributed by atoms with E-state index in [2.05, 4.69) is 9.97 Å². The summed E-state index contributed by atoms with van der Waals surface area (Å²) in [5, 5.41) is -0.0151. The number of imidazole rings is 1. The molecule has 2 nitrogen and oxygen atoms in total. The Bertz CT molecular complexity index is 193. The molecule has 1 atom stereocenters. The highest BCUT2D eigenvalue weighted by Crippen LogP contribution is 2.14. The molecule has 0 aliphatic rings. The van der Waals surface area contributed by atoms with Gasteiger partial charge in [0, 0.05) is 11.9 Å². The number of rotatable bonds is 1. The number of nitrogens with zero attached hydrogens (tertiary/aromatic N) is 1. The van der Waals surface area contributed by atoms with Gasteiger partial charge in [0.2, 0.25) is 0 Å². The minimum Gasteiger partial charge on any atom is -0.345 e. The molecule has 0 aromatic carbocycles. The Kier molecular flexibility index (Phi) is 1.76. The molecule has 0 aliphatic heterocycles. The number of aromatic nitrogens is 2. The van der Waals surface area contributed by atoms with Gasteiger partial charge in [-0.25, -0.2) is 4.98 Å². The van der Waals surface area contributed by atoms with Crippen LogP contribution < -0.4 is 0 Å². The first-order valence-corrected chi connectivity index (χ1v) is 3.29. The predicted molar refractivity (Wildman–Crippen MR) is 37.6 cm³/mol. The summed E-state index contributed by atoms with van der Waals surface area (Å²) in [5.41, 5.74) is 1.05. The lowest BCUT2D eigenvalue weighted by molar-refractivity contribution is 0.946. The number of nitrogens with one attached hydrogen (secondary N) is 1. The monoisotopic (exact) mass is 144 g/mol. The summed E-state index contributed by atoms with van der Waals surface area (Å²) in [4.78, 5) is 7.06. The van der Waals surface area contributed by atoms with Crippen LogP contribution in [-0.2, 0) is 0 Å². The number of alkyl halides is 1. The van der Waals surface area contributed by atoms with Gasteiger partial charge in [-0.05, 0) is 13.8 Å². The van der Waals surface area contributed by atoms with Crippen LogP contribution in [-0.4, -0.2) is 9.97 Å². The summed E-state index contributed by atoms with van der Waals surface area (Å²) in [6.07, 6.45) is 1.77. The van der Waals surface area contributed by atoms with Gasteiger partial charge in [0.1, 0.15) is 5.82 Å². The lowest BCUT2D eigenvalue weighted by atomic mass is 10.5. The Morgan fingerprint density at radius 3 is 2.67 bits per heavy atom. The van der Waals surface area contributed by atoms with Crippen molar-refractivity contribution in [1.82, 2.24) is 9.97 Å². The molecule has 1 unspecified atom stereocenters. The van der Waals surface area contributed by atoms with Gasteiger partial charge in [0.25, 0.3) is 0 Å². The topological polar surface area (TPSA) is 28.7 Å². The molecule has 1 aromatic heterocycles. The van der Waals surface area contributed by atoms with Crippen LogP contribution >= 0.6 is 11.6 Å². The van der Waals surface area contributed by atoms with Gasteiger partial charge in [-0.1, -0.05) is 0 Å². The minimum absolute atomic E-state index is 0.0151. The third-order valence-corrected chi connectivity index (χ3v) is 1.31. The van der Waals surface area contributed by atoms with Crippen LogP contribution in [0.4, 0.5) is 0 Å². The van der Waals surface area contributed by atoms with Crippen LogP contribution in [0, 0.1) is 6.92 Å². The Labute approximate surface area is 59.3 Å². The third kappa shape index (κ3) is 1.45. The Morgan fingerprint density at radius 2 is 2.44 bits per heavy atom. The van der Waals surface area contributed by atoms with Crippen molar-refractivity contribution in [2.45, 2.75) is 19.2 Å². The fourth-order valence-corrected chi connectivity index (χ4v) is 0.746. The van der Waals surface area contributed by atoms with E-state index >= 15 is 0 Å². The molecule has 0 bridgehead atoms. The number of halogens is 1. The molecule has 1 N–H and O–H groups in total. The van der Waals surface area contributed by atoms with E-state index in [4.69, 9.17) is 11.6 Å². The maximum Gasteiger partial charge on any atom is 0.124 e. The van der Waals surface area contributed by atoms with Gasteiger partial charge in [-0.15, -0.1) is 11.6 Å². The van der Waals surface area contributed by atoms with Crippen LogP contribution in [0.2, 0.25) is 0 Å². The van der Waals surface area contributed by atoms with Gasteiger partial charge in [-0.3, -0.25) is 0 Å². The van der Waals surface area contributed by atoms with E-state index in [-0.39, 0.29) is 5.38 Å². The van der Waals surface area contributed by atoms with Crippen LogP contribution in [0.15, 0.2) is 6.20 Å². The molecule has 0 amide bonds.